The smallest absolute Gasteiger partial charge is 0.147 e. The van der Waals surface area contributed by atoms with Crippen molar-refractivity contribution in [3.8, 4) is 0 Å². The molecular weight excluding hydrogens is 346 g/mol. The number of benzene rings is 3. The molecule has 0 aliphatic heterocycles. The zero-order chi connectivity index (χ0) is 16.3. The fraction of sp³-hybridized carbons (Fsp3) is 0.0526. The monoisotopic (exact) mass is 360 g/mol. The minimum absolute atomic E-state index is 0.469. The third-order valence-corrected chi connectivity index (χ3v) is 7.31. The molecule has 0 fully saturated rings. The van der Waals surface area contributed by atoms with Gasteiger partial charge in [-0.2, -0.15) is 0 Å². The minimum atomic E-state index is -2.80. The molecule has 0 N–H and O–H groups in total. The molecule has 0 saturated carbocycles. The fourth-order valence-corrected chi connectivity index (χ4v) is 5.44. The van der Waals surface area contributed by atoms with Crippen LogP contribution in [0.25, 0.3) is 0 Å². The molecule has 3 aromatic rings. The predicted molar refractivity (Wildman–Crippen MR) is 99.9 cm³/mol. The summed E-state index contributed by atoms with van der Waals surface area (Å²) in [5.74, 6) is 0. The average molecular weight is 361 g/mol. The van der Waals surface area contributed by atoms with E-state index < -0.39 is 7.14 Å². The lowest BCUT2D eigenvalue weighted by atomic mass is 10.2. The number of rotatable bonds is 4. The molecule has 0 aliphatic rings. The van der Waals surface area contributed by atoms with Gasteiger partial charge in [0.05, 0.1) is 0 Å². The number of halogens is 2. The highest BCUT2D eigenvalue weighted by Gasteiger charge is 2.27. The van der Waals surface area contributed by atoms with Crippen LogP contribution in [-0.4, -0.2) is 0 Å². The van der Waals surface area contributed by atoms with Gasteiger partial charge in [0.2, 0.25) is 0 Å². The van der Waals surface area contributed by atoms with Crippen molar-refractivity contribution in [2.45, 2.75) is 6.16 Å². The van der Waals surface area contributed by atoms with E-state index in [0.717, 1.165) is 16.2 Å². The maximum Gasteiger partial charge on any atom is 0.147 e. The summed E-state index contributed by atoms with van der Waals surface area (Å²) in [5, 5.41) is 2.87. The van der Waals surface area contributed by atoms with Crippen molar-refractivity contribution in [2.24, 2.45) is 0 Å². The van der Waals surface area contributed by atoms with E-state index in [-0.39, 0.29) is 0 Å². The normalized spacial score (nSPS) is 11.4. The molecule has 0 amide bonds. The molecule has 4 heteroatoms. The largest absolute Gasteiger partial charge is 0.313 e. The Bertz CT molecular complexity index is 778. The summed E-state index contributed by atoms with van der Waals surface area (Å²) in [4.78, 5) is 0. The lowest BCUT2D eigenvalue weighted by Gasteiger charge is -2.20. The van der Waals surface area contributed by atoms with Crippen molar-refractivity contribution in [1.82, 2.24) is 0 Å². The molecule has 116 valence electrons. The van der Waals surface area contributed by atoms with Crippen LogP contribution in [0.1, 0.15) is 5.56 Å². The Morgan fingerprint density at radius 3 is 1.52 bits per heavy atom. The third-order valence-electron chi connectivity index (χ3n) is 3.74. The second-order valence-electron chi connectivity index (χ2n) is 5.34. The standard InChI is InChI=1S/C19H15Cl2OP/c20-16-6-10-18(11-7-16)23(22,14-15-4-2-1-3-5-15)19-12-8-17(21)9-13-19/h1-13H,14H2. The molecule has 3 rings (SSSR count). The Hall–Kier alpha value is -1.53. The Morgan fingerprint density at radius 2 is 1.09 bits per heavy atom. The zero-order valence-electron chi connectivity index (χ0n) is 12.3. The molecule has 0 unspecified atom stereocenters. The van der Waals surface area contributed by atoms with Crippen LogP contribution in [0.2, 0.25) is 10.0 Å². The molecular formula is C19H15Cl2OP. The van der Waals surface area contributed by atoms with Gasteiger partial charge in [-0.15, -0.1) is 0 Å². The second kappa shape index (κ2) is 6.93. The van der Waals surface area contributed by atoms with Gasteiger partial charge in [0.1, 0.15) is 7.14 Å². The summed E-state index contributed by atoms with van der Waals surface area (Å²) in [6.07, 6.45) is 0.469. The molecule has 0 aliphatic carbocycles. The SMILES string of the molecule is O=P(Cc1ccccc1)(c1ccc(Cl)cc1)c1ccc(Cl)cc1. The van der Waals surface area contributed by atoms with E-state index in [4.69, 9.17) is 23.2 Å². The molecule has 0 aromatic heterocycles. The summed E-state index contributed by atoms with van der Waals surface area (Å²) in [6.45, 7) is 0. The molecule has 23 heavy (non-hydrogen) atoms. The molecule has 0 spiro atoms. The third kappa shape index (κ3) is 3.70. The fourth-order valence-electron chi connectivity index (χ4n) is 2.54. The van der Waals surface area contributed by atoms with Crippen LogP contribution < -0.4 is 10.6 Å². The van der Waals surface area contributed by atoms with Crippen molar-refractivity contribution >= 4 is 41.0 Å². The van der Waals surface area contributed by atoms with Gasteiger partial charge in [-0.05, 0) is 54.1 Å². The van der Waals surface area contributed by atoms with Crippen LogP contribution in [-0.2, 0) is 10.7 Å². The van der Waals surface area contributed by atoms with E-state index in [1.165, 1.54) is 0 Å². The first-order chi connectivity index (χ1) is 11.1. The van der Waals surface area contributed by atoms with E-state index >= 15 is 0 Å². The second-order valence-corrected chi connectivity index (χ2v) is 9.04. The van der Waals surface area contributed by atoms with Crippen LogP contribution >= 0.6 is 30.3 Å². The van der Waals surface area contributed by atoms with Crippen molar-refractivity contribution in [2.75, 3.05) is 0 Å². The maximum absolute atomic E-state index is 13.9. The molecule has 0 bridgehead atoms. The number of hydrogen-bond acceptors (Lipinski definition) is 1. The first-order valence-electron chi connectivity index (χ1n) is 7.23. The highest BCUT2D eigenvalue weighted by atomic mass is 35.5. The molecule has 3 aromatic carbocycles. The van der Waals surface area contributed by atoms with Gasteiger partial charge in [0.15, 0.2) is 0 Å². The van der Waals surface area contributed by atoms with Crippen molar-refractivity contribution in [3.05, 3.63) is 94.5 Å². The Kier molecular flexibility index (Phi) is 4.92. The van der Waals surface area contributed by atoms with Gasteiger partial charge in [-0.25, -0.2) is 0 Å². The summed E-state index contributed by atoms with van der Waals surface area (Å²) >= 11 is 12.0. The highest BCUT2D eigenvalue weighted by Crippen LogP contribution is 2.47. The van der Waals surface area contributed by atoms with E-state index in [9.17, 15) is 4.57 Å². The highest BCUT2D eigenvalue weighted by molar-refractivity contribution is 7.78. The molecule has 0 heterocycles. The van der Waals surface area contributed by atoms with E-state index in [1.807, 2.05) is 54.6 Å². The van der Waals surface area contributed by atoms with Gasteiger partial charge >= 0.3 is 0 Å². The van der Waals surface area contributed by atoms with Crippen LogP contribution in [0.15, 0.2) is 78.9 Å². The predicted octanol–water partition coefficient (Wildman–Crippen LogP) is 5.51. The van der Waals surface area contributed by atoms with E-state index in [0.29, 0.717) is 16.2 Å². The summed E-state index contributed by atoms with van der Waals surface area (Å²) < 4.78 is 13.9. The topological polar surface area (TPSA) is 17.1 Å². The lowest BCUT2D eigenvalue weighted by Crippen LogP contribution is -2.17. The van der Waals surface area contributed by atoms with E-state index in [2.05, 4.69) is 0 Å². The first kappa shape index (κ1) is 16.3. The molecule has 0 saturated heterocycles. The first-order valence-corrected chi connectivity index (χ1v) is 9.88. The van der Waals surface area contributed by atoms with Gasteiger partial charge in [0, 0.05) is 26.8 Å². The Morgan fingerprint density at radius 1 is 0.652 bits per heavy atom. The van der Waals surface area contributed by atoms with E-state index in [1.54, 1.807) is 24.3 Å². The Balaban J connectivity index is 2.10. The van der Waals surface area contributed by atoms with Crippen LogP contribution in [0.3, 0.4) is 0 Å². The molecule has 0 atom stereocenters. The van der Waals surface area contributed by atoms with Gasteiger partial charge in [-0.3, -0.25) is 0 Å². The quantitative estimate of drug-likeness (QED) is 0.560. The van der Waals surface area contributed by atoms with Crippen molar-refractivity contribution in [1.29, 1.82) is 0 Å². The van der Waals surface area contributed by atoms with Crippen molar-refractivity contribution in [3.63, 3.8) is 0 Å². The molecule has 0 radical (unpaired) electrons. The molecule has 1 nitrogen and oxygen atoms in total. The summed E-state index contributed by atoms with van der Waals surface area (Å²) in [5.41, 5.74) is 1.04. The lowest BCUT2D eigenvalue weighted by molar-refractivity contribution is 0.586. The minimum Gasteiger partial charge on any atom is -0.313 e. The van der Waals surface area contributed by atoms with Gasteiger partial charge < -0.3 is 4.57 Å². The zero-order valence-corrected chi connectivity index (χ0v) is 14.7. The average Bonchev–Trinajstić information content (AvgIpc) is 2.57. The van der Waals surface area contributed by atoms with Gasteiger partial charge in [-0.1, -0.05) is 53.5 Å². The van der Waals surface area contributed by atoms with Crippen LogP contribution in [0.4, 0.5) is 0 Å². The summed E-state index contributed by atoms with van der Waals surface area (Å²) in [7, 11) is -2.80. The van der Waals surface area contributed by atoms with Gasteiger partial charge in [0.25, 0.3) is 0 Å². The number of hydrogen-bond donors (Lipinski definition) is 0. The van der Waals surface area contributed by atoms with Crippen molar-refractivity contribution < 1.29 is 4.57 Å². The maximum atomic E-state index is 13.9. The summed E-state index contributed by atoms with van der Waals surface area (Å²) in [6, 6.07) is 24.4. The van der Waals surface area contributed by atoms with Crippen LogP contribution in [0, 0.1) is 0 Å². The van der Waals surface area contributed by atoms with Crippen LogP contribution in [0.5, 0.6) is 0 Å². The Labute approximate surface area is 146 Å².